The number of hydrogen-bond donors (Lipinski definition) is 1. The van der Waals surface area contributed by atoms with Crippen molar-refractivity contribution in [2.75, 3.05) is 5.32 Å². The van der Waals surface area contributed by atoms with Crippen LogP contribution >= 0.6 is 0 Å². The molecule has 1 heterocycles. The lowest BCUT2D eigenvalue weighted by molar-refractivity contribution is 0.641. The molecule has 1 aliphatic carbocycles. The molecule has 1 atom stereocenters. The van der Waals surface area contributed by atoms with E-state index in [0.29, 0.717) is 6.04 Å². The van der Waals surface area contributed by atoms with Crippen molar-refractivity contribution >= 4 is 5.82 Å². The lowest BCUT2D eigenvalue weighted by Gasteiger charge is -2.19. The molecule has 0 fully saturated rings. The molecule has 14 heavy (non-hydrogen) atoms. The molecule has 3 nitrogen and oxygen atoms in total. The van der Waals surface area contributed by atoms with Gasteiger partial charge in [0.05, 0.1) is 0 Å². The lowest BCUT2D eigenvalue weighted by atomic mass is 10.0. The van der Waals surface area contributed by atoms with E-state index in [4.69, 9.17) is 0 Å². The Labute approximate surface area is 84.3 Å². The molecule has 74 valence electrons. The summed E-state index contributed by atoms with van der Waals surface area (Å²) in [4.78, 5) is 8.39. The highest BCUT2D eigenvalue weighted by Gasteiger charge is 2.09. The molecular weight excluding hydrogens is 174 g/mol. The third-order valence-corrected chi connectivity index (χ3v) is 2.40. The second-order valence-corrected chi connectivity index (χ2v) is 3.61. The van der Waals surface area contributed by atoms with Crippen LogP contribution in [0.3, 0.4) is 0 Å². The number of aryl methyl sites for hydroxylation is 1. The van der Waals surface area contributed by atoms with Crippen molar-refractivity contribution in [1.29, 1.82) is 0 Å². The summed E-state index contributed by atoms with van der Waals surface area (Å²) < 4.78 is 0. The van der Waals surface area contributed by atoms with Crippen LogP contribution in [0.5, 0.6) is 0 Å². The zero-order valence-electron chi connectivity index (χ0n) is 8.40. The molecule has 1 N–H and O–H groups in total. The number of rotatable bonds is 2. The molecule has 3 heteroatoms. The van der Waals surface area contributed by atoms with Crippen LogP contribution in [0.4, 0.5) is 5.82 Å². The van der Waals surface area contributed by atoms with Crippen LogP contribution in [0.2, 0.25) is 0 Å². The first-order chi connectivity index (χ1) is 6.84. The van der Waals surface area contributed by atoms with Crippen molar-refractivity contribution in [2.24, 2.45) is 0 Å². The fourth-order valence-corrected chi connectivity index (χ4v) is 1.67. The van der Waals surface area contributed by atoms with E-state index in [1.165, 1.54) is 12.8 Å². The molecule has 0 radical (unpaired) electrons. The molecule has 0 aliphatic heterocycles. The Morgan fingerprint density at radius 3 is 3.07 bits per heavy atom. The Kier molecular flexibility index (Phi) is 2.77. The first-order valence-corrected chi connectivity index (χ1v) is 5.06. The number of aromatic nitrogens is 2. The topological polar surface area (TPSA) is 37.8 Å². The van der Waals surface area contributed by atoms with Crippen LogP contribution in [-0.4, -0.2) is 16.0 Å². The highest BCUT2D eigenvalue weighted by atomic mass is 15.0. The van der Waals surface area contributed by atoms with Crippen molar-refractivity contribution in [2.45, 2.75) is 32.2 Å². The quantitative estimate of drug-likeness (QED) is 0.725. The Morgan fingerprint density at radius 1 is 1.43 bits per heavy atom. The van der Waals surface area contributed by atoms with E-state index in [1.807, 2.05) is 13.0 Å². The zero-order valence-corrected chi connectivity index (χ0v) is 8.40. The van der Waals surface area contributed by atoms with Gasteiger partial charge in [-0.15, -0.1) is 0 Å². The van der Waals surface area contributed by atoms with Crippen molar-refractivity contribution in [1.82, 2.24) is 9.97 Å². The summed E-state index contributed by atoms with van der Waals surface area (Å²) in [5.41, 5.74) is 0. The van der Waals surface area contributed by atoms with E-state index in [-0.39, 0.29) is 0 Å². The average molecular weight is 189 g/mol. The van der Waals surface area contributed by atoms with Gasteiger partial charge < -0.3 is 5.32 Å². The Balaban J connectivity index is 1.99. The minimum absolute atomic E-state index is 0.536. The van der Waals surface area contributed by atoms with Gasteiger partial charge in [-0.2, -0.15) is 0 Å². The highest BCUT2D eigenvalue weighted by molar-refractivity contribution is 5.34. The third kappa shape index (κ3) is 2.31. The summed E-state index contributed by atoms with van der Waals surface area (Å²) in [7, 11) is 0. The monoisotopic (exact) mass is 189 g/mol. The molecule has 1 aliphatic rings. The first kappa shape index (κ1) is 9.19. The summed E-state index contributed by atoms with van der Waals surface area (Å²) >= 11 is 0. The largest absolute Gasteiger partial charge is 0.367 e. The van der Waals surface area contributed by atoms with E-state index < -0.39 is 0 Å². The van der Waals surface area contributed by atoms with Crippen LogP contribution in [-0.2, 0) is 0 Å². The lowest BCUT2D eigenvalue weighted by Crippen LogP contribution is -2.21. The fourth-order valence-electron chi connectivity index (χ4n) is 1.67. The second-order valence-electron chi connectivity index (χ2n) is 3.61. The summed E-state index contributed by atoms with van der Waals surface area (Å²) in [6.45, 7) is 1.91. The maximum absolute atomic E-state index is 4.32. The number of hydrogen-bond acceptors (Lipinski definition) is 3. The molecule has 1 aromatic heterocycles. The van der Waals surface area contributed by atoms with Gasteiger partial charge in [-0.05, 0) is 32.3 Å². The zero-order chi connectivity index (χ0) is 9.80. The van der Waals surface area contributed by atoms with E-state index in [1.54, 1.807) is 6.20 Å². The van der Waals surface area contributed by atoms with Gasteiger partial charge in [-0.1, -0.05) is 12.2 Å². The molecule has 0 saturated heterocycles. The smallest absolute Gasteiger partial charge is 0.129 e. The SMILES string of the molecule is Cc1nccc(NC2CC=CCC2)n1. The molecule has 0 bridgehead atoms. The van der Waals surface area contributed by atoms with Crippen LogP contribution in [0.25, 0.3) is 0 Å². The van der Waals surface area contributed by atoms with Crippen LogP contribution in [0.1, 0.15) is 25.1 Å². The molecule has 1 unspecified atom stereocenters. The molecule has 0 saturated carbocycles. The molecular formula is C11H15N3. The molecule has 1 aromatic rings. The van der Waals surface area contributed by atoms with Crippen LogP contribution < -0.4 is 5.32 Å². The standard InChI is InChI=1S/C11H15N3/c1-9-12-8-7-11(13-9)14-10-5-3-2-4-6-10/h2-3,7-8,10H,4-6H2,1H3,(H,12,13,14). The fraction of sp³-hybridized carbons (Fsp3) is 0.455. The minimum atomic E-state index is 0.536. The molecule has 0 amide bonds. The van der Waals surface area contributed by atoms with Crippen molar-refractivity contribution < 1.29 is 0 Å². The Bertz CT molecular complexity index is 333. The Hall–Kier alpha value is -1.38. The number of nitrogens with zero attached hydrogens (tertiary/aromatic N) is 2. The molecule has 2 rings (SSSR count). The summed E-state index contributed by atoms with van der Waals surface area (Å²) in [6, 6.07) is 2.46. The van der Waals surface area contributed by atoms with E-state index in [9.17, 15) is 0 Å². The normalized spacial score (nSPS) is 20.8. The maximum Gasteiger partial charge on any atom is 0.129 e. The number of nitrogens with one attached hydrogen (secondary N) is 1. The van der Waals surface area contributed by atoms with Gasteiger partial charge in [0.15, 0.2) is 0 Å². The van der Waals surface area contributed by atoms with E-state index >= 15 is 0 Å². The first-order valence-electron chi connectivity index (χ1n) is 5.06. The predicted octanol–water partition coefficient (Wildman–Crippen LogP) is 2.31. The average Bonchev–Trinajstić information content (AvgIpc) is 2.19. The predicted molar refractivity (Wildman–Crippen MR) is 57.2 cm³/mol. The summed E-state index contributed by atoms with van der Waals surface area (Å²) in [6.07, 6.45) is 9.73. The van der Waals surface area contributed by atoms with E-state index in [0.717, 1.165) is 18.1 Å². The second kappa shape index (κ2) is 4.22. The maximum atomic E-state index is 4.32. The van der Waals surface area contributed by atoms with Gasteiger partial charge in [0.2, 0.25) is 0 Å². The molecule has 0 aromatic carbocycles. The Morgan fingerprint density at radius 2 is 2.36 bits per heavy atom. The van der Waals surface area contributed by atoms with Gasteiger partial charge >= 0.3 is 0 Å². The third-order valence-electron chi connectivity index (χ3n) is 2.40. The molecule has 0 spiro atoms. The minimum Gasteiger partial charge on any atom is -0.367 e. The van der Waals surface area contributed by atoms with E-state index in [2.05, 4.69) is 27.4 Å². The van der Waals surface area contributed by atoms with Gasteiger partial charge in [-0.25, -0.2) is 9.97 Å². The summed E-state index contributed by atoms with van der Waals surface area (Å²) in [5, 5.41) is 3.42. The van der Waals surface area contributed by atoms with Crippen molar-refractivity contribution in [3.05, 3.63) is 30.2 Å². The van der Waals surface area contributed by atoms with Crippen molar-refractivity contribution in [3.8, 4) is 0 Å². The van der Waals surface area contributed by atoms with Gasteiger partial charge in [0, 0.05) is 12.2 Å². The van der Waals surface area contributed by atoms with Crippen LogP contribution in [0, 0.1) is 6.92 Å². The highest BCUT2D eigenvalue weighted by Crippen LogP contribution is 2.15. The number of allylic oxidation sites excluding steroid dienone is 1. The van der Waals surface area contributed by atoms with Gasteiger partial charge in [-0.3, -0.25) is 0 Å². The van der Waals surface area contributed by atoms with Gasteiger partial charge in [0.25, 0.3) is 0 Å². The summed E-state index contributed by atoms with van der Waals surface area (Å²) in [5.74, 6) is 1.76. The van der Waals surface area contributed by atoms with Crippen LogP contribution in [0.15, 0.2) is 24.4 Å². The van der Waals surface area contributed by atoms with Crippen molar-refractivity contribution in [3.63, 3.8) is 0 Å². The number of anilines is 1. The van der Waals surface area contributed by atoms with Gasteiger partial charge in [0.1, 0.15) is 11.6 Å².